The van der Waals surface area contributed by atoms with Crippen LogP contribution in [0.15, 0.2) is 9.98 Å². The Morgan fingerprint density at radius 3 is 2.35 bits per heavy atom. The fourth-order valence-corrected chi connectivity index (χ4v) is 3.20. The van der Waals surface area contributed by atoms with Gasteiger partial charge in [-0.25, -0.2) is 19.6 Å². The number of rotatable bonds is 3. The molecule has 0 aromatic carbocycles. The van der Waals surface area contributed by atoms with Gasteiger partial charge in [0.15, 0.2) is 0 Å². The Hall–Kier alpha value is -1.24. The van der Waals surface area contributed by atoms with Crippen molar-refractivity contribution < 1.29 is 9.59 Å². The van der Waals surface area contributed by atoms with Crippen LogP contribution in [0.25, 0.3) is 0 Å². The predicted molar refractivity (Wildman–Crippen MR) is 65.2 cm³/mol. The summed E-state index contributed by atoms with van der Waals surface area (Å²) < 4.78 is 0. The molecule has 0 heterocycles. The fourth-order valence-electron chi connectivity index (χ4n) is 3.20. The first-order valence-corrected chi connectivity index (χ1v) is 5.97. The van der Waals surface area contributed by atoms with E-state index in [2.05, 4.69) is 30.8 Å². The summed E-state index contributed by atoms with van der Waals surface area (Å²) in [6, 6.07) is -0.102. The van der Waals surface area contributed by atoms with E-state index in [0.29, 0.717) is 0 Å². The van der Waals surface area contributed by atoms with Gasteiger partial charge in [-0.3, -0.25) is 0 Å². The zero-order valence-electron chi connectivity index (χ0n) is 11.0. The van der Waals surface area contributed by atoms with Gasteiger partial charge in [-0.15, -0.1) is 0 Å². The Balaban J connectivity index is 2.99. The summed E-state index contributed by atoms with van der Waals surface area (Å²) >= 11 is 0. The van der Waals surface area contributed by atoms with E-state index < -0.39 is 0 Å². The average Bonchev–Trinajstić information content (AvgIpc) is 2.15. The topological polar surface area (TPSA) is 58.9 Å². The molecule has 3 atom stereocenters. The first-order valence-electron chi connectivity index (χ1n) is 5.97. The van der Waals surface area contributed by atoms with Crippen molar-refractivity contribution in [3.63, 3.8) is 0 Å². The molecule has 1 rings (SSSR count). The highest BCUT2D eigenvalue weighted by Gasteiger charge is 2.44. The van der Waals surface area contributed by atoms with Gasteiger partial charge in [0.25, 0.3) is 0 Å². The second-order valence-electron chi connectivity index (χ2n) is 6.17. The molecule has 0 aliphatic heterocycles. The lowest BCUT2D eigenvalue weighted by Crippen LogP contribution is -2.42. The van der Waals surface area contributed by atoms with Crippen molar-refractivity contribution in [1.82, 2.24) is 0 Å². The fraction of sp³-hybridized carbons (Fsp3) is 0.846. The quantitative estimate of drug-likeness (QED) is 0.558. The maximum atomic E-state index is 10.4. The first-order chi connectivity index (χ1) is 7.83. The number of aliphatic imine (C=N–C) groups is 2. The van der Waals surface area contributed by atoms with Gasteiger partial charge < -0.3 is 0 Å². The number of nitrogens with zero attached hydrogens (tertiary/aromatic N) is 2. The molecule has 0 radical (unpaired) electrons. The molecule has 4 heteroatoms. The van der Waals surface area contributed by atoms with Crippen LogP contribution in [0.1, 0.15) is 47.0 Å². The van der Waals surface area contributed by atoms with E-state index >= 15 is 0 Å². The predicted octanol–water partition coefficient (Wildman–Crippen LogP) is 2.63. The molecule has 0 N–H and O–H groups in total. The molecule has 0 bridgehead atoms. The van der Waals surface area contributed by atoms with Crippen LogP contribution in [0, 0.1) is 10.8 Å². The summed E-state index contributed by atoms with van der Waals surface area (Å²) in [4.78, 5) is 28.5. The van der Waals surface area contributed by atoms with Crippen LogP contribution in [-0.2, 0) is 9.59 Å². The van der Waals surface area contributed by atoms with E-state index in [0.717, 1.165) is 19.3 Å². The van der Waals surface area contributed by atoms with E-state index in [1.807, 2.05) is 6.92 Å². The SMILES string of the molecule is CC(N=C=O)C1(C)CC(N=C=O)CC(C)(C)C1. The highest BCUT2D eigenvalue weighted by molar-refractivity contribution is 5.34. The molecule has 94 valence electrons. The standard InChI is InChI=1S/C13H20N2O2/c1-10(14-8-16)13(4)6-11(15-9-17)5-12(2,3)7-13/h10-11H,5-7H2,1-4H3. The molecule has 0 aromatic heterocycles. The Kier molecular flexibility index (Phi) is 4.03. The van der Waals surface area contributed by atoms with Crippen LogP contribution < -0.4 is 0 Å². The van der Waals surface area contributed by atoms with Gasteiger partial charge >= 0.3 is 0 Å². The highest BCUT2D eigenvalue weighted by atomic mass is 16.1. The van der Waals surface area contributed by atoms with Crippen molar-refractivity contribution in [1.29, 1.82) is 0 Å². The number of isocyanates is 2. The summed E-state index contributed by atoms with van der Waals surface area (Å²) in [6.45, 7) is 8.35. The normalized spacial score (nSPS) is 33.1. The molecule has 1 aliphatic rings. The van der Waals surface area contributed by atoms with Gasteiger partial charge in [0.05, 0.1) is 12.1 Å². The van der Waals surface area contributed by atoms with Crippen LogP contribution in [-0.4, -0.2) is 24.2 Å². The van der Waals surface area contributed by atoms with Gasteiger partial charge in [-0.2, -0.15) is 0 Å². The molecule has 4 nitrogen and oxygen atoms in total. The molecule has 1 fully saturated rings. The number of hydrogen-bond donors (Lipinski definition) is 0. The molecule has 0 aromatic rings. The average molecular weight is 236 g/mol. The van der Waals surface area contributed by atoms with E-state index in [-0.39, 0.29) is 22.9 Å². The summed E-state index contributed by atoms with van der Waals surface area (Å²) in [5.74, 6) is 0. The van der Waals surface area contributed by atoms with Crippen LogP contribution in [0.4, 0.5) is 0 Å². The third kappa shape index (κ3) is 3.36. The molecule has 0 amide bonds. The Morgan fingerprint density at radius 1 is 1.18 bits per heavy atom. The van der Waals surface area contributed by atoms with Crippen molar-refractivity contribution in [2.45, 2.75) is 59.0 Å². The Morgan fingerprint density at radius 2 is 1.82 bits per heavy atom. The molecule has 17 heavy (non-hydrogen) atoms. The summed E-state index contributed by atoms with van der Waals surface area (Å²) in [7, 11) is 0. The molecule has 0 spiro atoms. The lowest BCUT2D eigenvalue weighted by molar-refractivity contribution is 0.0670. The number of hydrogen-bond acceptors (Lipinski definition) is 4. The summed E-state index contributed by atoms with van der Waals surface area (Å²) in [6.07, 6.45) is 5.91. The van der Waals surface area contributed by atoms with E-state index in [9.17, 15) is 9.59 Å². The molecule has 0 saturated heterocycles. The molecule has 3 unspecified atom stereocenters. The largest absolute Gasteiger partial charge is 0.235 e. The van der Waals surface area contributed by atoms with Crippen molar-refractivity contribution in [3.8, 4) is 0 Å². The monoisotopic (exact) mass is 236 g/mol. The van der Waals surface area contributed by atoms with Crippen LogP contribution in [0.5, 0.6) is 0 Å². The van der Waals surface area contributed by atoms with Gasteiger partial charge in [-0.1, -0.05) is 20.8 Å². The molecule has 1 aliphatic carbocycles. The van der Waals surface area contributed by atoms with Gasteiger partial charge in [0.1, 0.15) is 0 Å². The van der Waals surface area contributed by atoms with Gasteiger partial charge in [0.2, 0.25) is 12.2 Å². The zero-order chi connectivity index (χ0) is 13.1. The first kappa shape index (κ1) is 13.8. The van der Waals surface area contributed by atoms with E-state index in [4.69, 9.17) is 0 Å². The number of carbonyl (C=O) groups excluding carboxylic acids is 2. The maximum absolute atomic E-state index is 10.4. The van der Waals surface area contributed by atoms with Crippen molar-refractivity contribution in [3.05, 3.63) is 0 Å². The minimum Gasteiger partial charge on any atom is -0.211 e. The third-order valence-electron chi connectivity index (χ3n) is 3.86. The van der Waals surface area contributed by atoms with Crippen molar-refractivity contribution >= 4 is 12.2 Å². The highest BCUT2D eigenvalue weighted by Crippen LogP contribution is 2.49. The summed E-state index contributed by atoms with van der Waals surface area (Å²) in [5.41, 5.74) is -0.00510. The Labute approximate surface area is 102 Å². The second-order valence-corrected chi connectivity index (χ2v) is 6.17. The van der Waals surface area contributed by atoms with Crippen LogP contribution in [0.2, 0.25) is 0 Å². The lowest BCUT2D eigenvalue weighted by Gasteiger charge is -2.46. The molecular formula is C13H20N2O2. The van der Waals surface area contributed by atoms with Gasteiger partial charge in [0, 0.05) is 0 Å². The Bertz CT molecular complexity index is 379. The summed E-state index contributed by atoms with van der Waals surface area (Å²) in [5, 5.41) is 0. The lowest BCUT2D eigenvalue weighted by atomic mass is 9.60. The smallest absolute Gasteiger partial charge is 0.211 e. The second kappa shape index (κ2) is 4.95. The molecule has 1 saturated carbocycles. The minimum atomic E-state index is -0.107. The van der Waals surface area contributed by atoms with Crippen molar-refractivity contribution in [2.24, 2.45) is 20.8 Å². The van der Waals surface area contributed by atoms with Crippen molar-refractivity contribution in [2.75, 3.05) is 0 Å². The molecular weight excluding hydrogens is 216 g/mol. The van der Waals surface area contributed by atoms with E-state index in [1.54, 1.807) is 12.2 Å². The van der Waals surface area contributed by atoms with Crippen LogP contribution in [0.3, 0.4) is 0 Å². The third-order valence-corrected chi connectivity index (χ3v) is 3.86. The minimum absolute atomic E-state index is 0.00875. The van der Waals surface area contributed by atoms with Crippen LogP contribution >= 0.6 is 0 Å². The van der Waals surface area contributed by atoms with Gasteiger partial charge in [-0.05, 0) is 37.0 Å². The zero-order valence-corrected chi connectivity index (χ0v) is 11.0. The maximum Gasteiger partial charge on any atom is 0.235 e. The van der Waals surface area contributed by atoms with E-state index in [1.165, 1.54) is 0 Å².